The molecule has 0 unspecified atom stereocenters. The normalized spacial score (nSPS) is 15.5. The van der Waals surface area contributed by atoms with Gasteiger partial charge in [-0.25, -0.2) is 0 Å². The van der Waals surface area contributed by atoms with Gasteiger partial charge in [0, 0.05) is 43.4 Å². The van der Waals surface area contributed by atoms with E-state index in [0.717, 1.165) is 13.1 Å². The van der Waals surface area contributed by atoms with Crippen molar-refractivity contribution in [3.8, 4) is 0 Å². The third kappa shape index (κ3) is 2.33. The number of nitrogens with zero attached hydrogens (tertiary/aromatic N) is 2. The van der Waals surface area contributed by atoms with E-state index in [1.54, 1.807) is 24.0 Å². The van der Waals surface area contributed by atoms with Crippen LogP contribution in [0.15, 0.2) is 18.2 Å². The molecule has 96 valence electrons. The van der Waals surface area contributed by atoms with Crippen LogP contribution in [0.5, 0.6) is 0 Å². The predicted molar refractivity (Wildman–Crippen MR) is 66.6 cm³/mol. The largest absolute Gasteiger partial charge is 0.336 e. The Bertz CT molecular complexity index is 481. The predicted octanol–water partition coefficient (Wildman–Crippen LogP) is 0.949. The molecule has 18 heavy (non-hydrogen) atoms. The summed E-state index contributed by atoms with van der Waals surface area (Å²) in [6.45, 7) is 4.43. The summed E-state index contributed by atoms with van der Waals surface area (Å²) >= 11 is 0. The fraction of sp³-hybridized carbons (Fsp3) is 0.417. The lowest BCUT2D eigenvalue weighted by molar-refractivity contribution is -0.385. The van der Waals surface area contributed by atoms with E-state index in [-0.39, 0.29) is 11.6 Å². The zero-order valence-corrected chi connectivity index (χ0v) is 10.2. The fourth-order valence-corrected chi connectivity index (χ4v) is 2.09. The molecule has 0 spiro atoms. The third-order valence-electron chi connectivity index (χ3n) is 3.14. The molecule has 2 rings (SSSR count). The molecular weight excluding hydrogens is 234 g/mol. The monoisotopic (exact) mass is 249 g/mol. The number of piperazine rings is 1. The summed E-state index contributed by atoms with van der Waals surface area (Å²) in [5, 5.41) is 14.0. The topological polar surface area (TPSA) is 75.5 Å². The van der Waals surface area contributed by atoms with Crippen molar-refractivity contribution in [3.05, 3.63) is 39.4 Å². The van der Waals surface area contributed by atoms with Gasteiger partial charge in [0.2, 0.25) is 0 Å². The van der Waals surface area contributed by atoms with Crippen LogP contribution in [0.2, 0.25) is 0 Å². The molecule has 0 aromatic heterocycles. The summed E-state index contributed by atoms with van der Waals surface area (Å²) in [7, 11) is 0. The van der Waals surface area contributed by atoms with Crippen molar-refractivity contribution in [2.75, 3.05) is 26.2 Å². The molecule has 6 heteroatoms. The number of carbonyl (C=O) groups is 1. The van der Waals surface area contributed by atoms with E-state index >= 15 is 0 Å². The van der Waals surface area contributed by atoms with Crippen molar-refractivity contribution >= 4 is 11.6 Å². The summed E-state index contributed by atoms with van der Waals surface area (Å²) < 4.78 is 0. The van der Waals surface area contributed by atoms with Gasteiger partial charge < -0.3 is 10.2 Å². The van der Waals surface area contributed by atoms with Gasteiger partial charge in [0.05, 0.1) is 4.92 Å². The molecule has 1 aliphatic heterocycles. The van der Waals surface area contributed by atoms with Crippen LogP contribution in [-0.4, -0.2) is 41.9 Å². The fourth-order valence-electron chi connectivity index (χ4n) is 2.09. The van der Waals surface area contributed by atoms with E-state index in [1.807, 2.05) is 0 Å². The highest BCUT2D eigenvalue weighted by Gasteiger charge is 2.23. The molecule has 1 heterocycles. The van der Waals surface area contributed by atoms with Crippen molar-refractivity contribution in [1.29, 1.82) is 0 Å². The van der Waals surface area contributed by atoms with Gasteiger partial charge in [-0.1, -0.05) is 6.07 Å². The smallest absolute Gasteiger partial charge is 0.273 e. The minimum absolute atomic E-state index is 0.00372. The molecule has 1 amide bonds. The lowest BCUT2D eigenvalue weighted by atomic mass is 10.1. The first-order valence-corrected chi connectivity index (χ1v) is 5.85. The van der Waals surface area contributed by atoms with E-state index in [1.165, 1.54) is 6.07 Å². The van der Waals surface area contributed by atoms with Crippen molar-refractivity contribution in [1.82, 2.24) is 10.2 Å². The van der Waals surface area contributed by atoms with Crippen LogP contribution in [0.3, 0.4) is 0 Å². The quantitative estimate of drug-likeness (QED) is 0.625. The Morgan fingerprint density at radius 3 is 2.67 bits per heavy atom. The maximum Gasteiger partial charge on any atom is 0.273 e. The SMILES string of the molecule is Cc1c(C(=O)N2CCNCC2)cccc1[N+](=O)[O-]. The zero-order chi connectivity index (χ0) is 13.1. The van der Waals surface area contributed by atoms with Gasteiger partial charge in [0.25, 0.3) is 11.6 Å². The molecule has 1 aromatic carbocycles. The van der Waals surface area contributed by atoms with Gasteiger partial charge in [-0.2, -0.15) is 0 Å². The Hall–Kier alpha value is -1.95. The summed E-state index contributed by atoms with van der Waals surface area (Å²) in [6, 6.07) is 4.62. The van der Waals surface area contributed by atoms with Crippen LogP contribution in [-0.2, 0) is 0 Å². The minimum atomic E-state index is -0.454. The van der Waals surface area contributed by atoms with Gasteiger partial charge >= 0.3 is 0 Å². The zero-order valence-electron chi connectivity index (χ0n) is 10.2. The standard InChI is InChI=1S/C12H15N3O3/c1-9-10(3-2-4-11(9)15(17)18)12(16)14-7-5-13-6-8-14/h2-4,13H,5-8H2,1H3. The Balaban J connectivity index is 2.30. The molecule has 1 saturated heterocycles. The average Bonchev–Trinajstić information content (AvgIpc) is 2.39. The number of rotatable bonds is 2. The van der Waals surface area contributed by atoms with E-state index in [0.29, 0.717) is 24.2 Å². The number of benzene rings is 1. The van der Waals surface area contributed by atoms with Crippen LogP contribution in [0.4, 0.5) is 5.69 Å². The summed E-state index contributed by atoms with van der Waals surface area (Å²) in [5.74, 6) is -0.127. The third-order valence-corrected chi connectivity index (χ3v) is 3.14. The molecule has 1 aromatic rings. The van der Waals surface area contributed by atoms with Gasteiger partial charge in [0.1, 0.15) is 0 Å². The van der Waals surface area contributed by atoms with Gasteiger partial charge in [-0.15, -0.1) is 0 Å². The Labute approximate surface area is 105 Å². The molecule has 0 saturated carbocycles. The molecule has 1 fully saturated rings. The molecule has 0 atom stereocenters. The molecule has 0 radical (unpaired) electrons. The molecule has 0 bridgehead atoms. The van der Waals surface area contributed by atoms with Crippen molar-refractivity contribution in [3.63, 3.8) is 0 Å². The second-order valence-corrected chi connectivity index (χ2v) is 4.25. The van der Waals surface area contributed by atoms with E-state index in [2.05, 4.69) is 5.32 Å². The van der Waals surface area contributed by atoms with Crippen molar-refractivity contribution < 1.29 is 9.72 Å². The first-order valence-electron chi connectivity index (χ1n) is 5.85. The molecule has 6 nitrogen and oxygen atoms in total. The minimum Gasteiger partial charge on any atom is -0.336 e. The maximum atomic E-state index is 12.3. The second-order valence-electron chi connectivity index (χ2n) is 4.25. The second kappa shape index (κ2) is 5.14. The summed E-state index contributed by atoms with van der Waals surface area (Å²) in [4.78, 5) is 24.4. The summed E-state index contributed by atoms with van der Waals surface area (Å²) in [5.41, 5.74) is 0.855. The number of nitro benzene ring substituents is 1. The van der Waals surface area contributed by atoms with Gasteiger partial charge in [-0.05, 0) is 13.0 Å². The first-order chi connectivity index (χ1) is 8.61. The summed E-state index contributed by atoms with van der Waals surface area (Å²) in [6.07, 6.45) is 0. The number of hydrogen-bond acceptors (Lipinski definition) is 4. The van der Waals surface area contributed by atoms with E-state index in [9.17, 15) is 14.9 Å². The number of carbonyl (C=O) groups excluding carboxylic acids is 1. The lowest BCUT2D eigenvalue weighted by Crippen LogP contribution is -2.46. The Kier molecular flexibility index (Phi) is 3.57. The number of nitrogens with one attached hydrogen (secondary N) is 1. The highest BCUT2D eigenvalue weighted by molar-refractivity contribution is 5.96. The van der Waals surface area contributed by atoms with Gasteiger partial charge in [0.15, 0.2) is 0 Å². The molecular formula is C12H15N3O3. The molecule has 1 N–H and O–H groups in total. The van der Waals surface area contributed by atoms with Crippen LogP contribution < -0.4 is 5.32 Å². The lowest BCUT2D eigenvalue weighted by Gasteiger charge is -2.27. The number of amides is 1. The highest BCUT2D eigenvalue weighted by Crippen LogP contribution is 2.22. The molecule has 0 aliphatic carbocycles. The van der Waals surface area contributed by atoms with E-state index in [4.69, 9.17) is 0 Å². The van der Waals surface area contributed by atoms with Crippen LogP contribution >= 0.6 is 0 Å². The maximum absolute atomic E-state index is 12.3. The average molecular weight is 249 g/mol. The van der Waals surface area contributed by atoms with Crippen LogP contribution in [0.25, 0.3) is 0 Å². The number of nitro groups is 1. The number of hydrogen-bond donors (Lipinski definition) is 1. The highest BCUT2D eigenvalue weighted by atomic mass is 16.6. The van der Waals surface area contributed by atoms with E-state index < -0.39 is 4.92 Å². The van der Waals surface area contributed by atoms with Gasteiger partial charge in [-0.3, -0.25) is 14.9 Å². The van der Waals surface area contributed by atoms with Crippen LogP contribution in [0.1, 0.15) is 15.9 Å². The van der Waals surface area contributed by atoms with Crippen molar-refractivity contribution in [2.24, 2.45) is 0 Å². The first kappa shape index (κ1) is 12.5. The van der Waals surface area contributed by atoms with Crippen LogP contribution in [0, 0.1) is 17.0 Å². The molecule has 1 aliphatic rings. The Morgan fingerprint density at radius 2 is 2.06 bits per heavy atom. The van der Waals surface area contributed by atoms with Crippen molar-refractivity contribution in [2.45, 2.75) is 6.92 Å². The Morgan fingerprint density at radius 1 is 1.39 bits per heavy atom.